The van der Waals surface area contributed by atoms with E-state index in [1.54, 1.807) is 0 Å². The number of carbonyl (C=O) groups is 1. The Morgan fingerprint density at radius 2 is 2.17 bits per heavy atom. The van der Waals surface area contributed by atoms with Gasteiger partial charge >= 0.3 is 5.97 Å². The molecule has 98 valence electrons. The van der Waals surface area contributed by atoms with E-state index in [9.17, 15) is 4.79 Å². The summed E-state index contributed by atoms with van der Waals surface area (Å²) in [4.78, 5) is 11.4. The molecule has 3 rings (SSSR count). The van der Waals surface area contributed by atoms with Gasteiger partial charge in [-0.15, -0.1) is 0 Å². The third kappa shape index (κ3) is 1.81. The summed E-state index contributed by atoms with van der Waals surface area (Å²) in [5.74, 6) is 0.445. The van der Waals surface area contributed by atoms with Crippen LogP contribution < -0.4 is 0 Å². The van der Waals surface area contributed by atoms with Crippen LogP contribution in [-0.4, -0.2) is 18.9 Å². The predicted molar refractivity (Wildman–Crippen MR) is 67.7 cm³/mol. The fraction of sp³-hybridized carbons (Fsp3) is 0.667. The summed E-state index contributed by atoms with van der Waals surface area (Å²) in [5.41, 5.74) is 3.11. The van der Waals surface area contributed by atoms with Crippen LogP contribution in [0.4, 0.5) is 0 Å². The number of fused-ring (bicyclic) bond motifs is 1. The van der Waals surface area contributed by atoms with Crippen molar-refractivity contribution in [3.8, 4) is 0 Å². The van der Waals surface area contributed by atoms with Gasteiger partial charge in [0.2, 0.25) is 6.29 Å². The van der Waals surface area contributed by atoms with Crippen LogP contribution in [0.2, 0.25) is 0 Å². The average molecular weight is 248 g/mol. The minimum atomic E-state index is -0.301. The van der Waals surface area contributed by atoms with Gasteiger partial charge in [-0.05, 0) is 23.8 Å². The minimum absolute atomic E-state index is 0.118. The van der Waals surface area contributed by atoms with Gasteiger partial charge in [-0.25, -0.2) is 0 Å². The van der Waals surface area contributed by atoms with Gasteiger partial charge in [0.25, 0.3) is 0 Å². The first-order valence-electron chi connectivity index (χ1n) is 6.65. The Labute approximate surface area is 108 Å². The van der Waals surface area contributed by atoms with Crippen molar-refractivity contribution < 1.29 is 14.3 Å². The number of hydrogen-bond donors (Lipinski definition) is 0. The second-order valence-corrected chi connectivity index (χ2v) is 6.44. The molecule has 0 N–H and O–H groups in total. The molecule has 2 fully saturated rings. The second-order valence-electron chi connectivity index (χ2n) is 6.44. The van der Waals surface area contributed by atoms with Crippen LogP contribution in [0.3, 0.4) is 0 Å². The summed E-state index contributed by atoms with van der Waals surface area (Å²) >= 11 is 0. The third-order valence-electron chi connectivity index (χ3n) is 4.40. The fourth-order valence-corrected chi connectivity index (χ4v) is 3.62. The third-order valence-corrected chi connectivity index (χ3v) is 4.40. The SMILES string of the molecule is C=CC1=C(C2CO[C@@H]3OC(=O)C[C@H]23)CC(C)(C)C1. The molecule has 0 aromatic rings. The molecule has 2 saturated heterocycles. The zero-order valence-corrected chi connectivity index (χ0v) is 11.1. The summed E-state index contributed by atoms with van der Waals surface area (Å²) in [7, 11) is 0. The van der Waals surface area contributed by atoms with Crippen LogP contribution >= 0.6 is 0 Å². The van der Waals surface area contributed by atoms with Crippen molar-refractivity contribution in [3.63, 3.8) is 0 Å². The molecule has 0 aromatic carbocycles. The first-order valence-corrected chi connectivity index (χ1v) is 6.65. The molecule has 0 amide bonds. The highest BCUT2D eigenvalue weighted by molar-refractivity contribution is 5.72. The van der Waals surface area contributed by atoms with Gasteiger partial charge in [-0.3, -0.25) is 4.79 Å². The molecule has 18 heavy (non-hydrogen) atoms. The van der Waals surface area contributed by atoms with Gasteiger partial charge in [0, 0.05) is 11.8 Å². The van der Waals surface area contributed by atoms with E-state index in [0.29, 0.717) is 24.4 Å². The maximum atomic E-state index is 11.4. The zero-order valence-electron chi connectivity index (χ0n) is 11.1. The van der Waals surface area contributed by atoms with Crippen LogP contribution in [0.5, 0.6) is 0 Å². The molecule has 3 nitrogen and oxygen atoms in total. The molecule has 0 saturated carbocycles. The number of carbonyl (C=O) groups excluding carboxylic acids is 1. The van der Waals surface area contributed by atoms with Crippen molar-refractivity contribution in [1.82, 2.24) is 0 Å². The summed E-state index contributed by atoms with van der Waals surface area (Å²) in [6.45, 7) is 9.19. The van der Waals surface area contributed by atoms with E-state index in [1.165, 1.54) is 11.1 Å². The smallest absolute Gasteiger partial charge is 0.308 e. The Morgan fingerprint density at radius 1 is 1.39 bits per heavy atom. The number of rotatable bonds is 2. The maximum absolute atomic E-state index is 11.4. The predicted octanol–water partition coefficient (Wildman–Crippen LogP) is 2.82. The molecule has 0 bridgehead atoms. The quantitative estimate of drug-likeness (QED) is 0.705. The van der Waals surface area contributed by atoms with Crippen LogP contribution in [0, 0.1) is 17.3 Å². The molecule has 1 unspecified atom stereocenters. The van der Waals surface area contributed by atoms with Gasteiger partial charge in [0.15, 0.2) is 0 Å². The molecule has 3 aliphatic rings. The van der Waals surface area contributed by atoms with Gasteiger partial charge in [0.05, 0.1) is 13.0 Å². The lowest BCUT2D eigenvalue weighted by molar-refractivity contribution is -0.158. The maximum Gasteiger partial charge on any atom is 0.308 e. The Hall–Kier alpha value is -1.09. The lowest BCUT2D eigenvalue weighted by Crippen LogP contribution is -2.18. The second kappa shape index (κ2) is 3.95. The highest BCUT2D eigenvalue weighted by atomic mass is 16.7. The molecular weight excluding hydrogens is 228 g/mol. The van der Waals surface area contributed by atoms with E-state index in [2.05, 4.69) is 20.4 Å². The van der Waals surface area contributed by atoms with Crippen LogP contribution in [0.25, 0.3) is 0 Å². The Bertz CT molecular complexity index is 433. The van der Waals surface area contributed by atoms with Crippen molar-refractivity contribution in [3.05, 3.63) is 23.8 Å². The Kier molecular flexibility index (Phi) is 2.63. The summed E-state index contributed by atoms with van der Waals surface area (Å²) < 4.78 is 10.8. The van der Waals surface area contributed by atoms with Crippen LogP contribution in [-0.2, 0) is 14.3 Å². The molecule has 1 aliphatic carbocycles. The summed E-state index contributed by atoms with van der Waals surface area (Å²) in [6, 6.07) is 0. The molecule has 3 heteroatoms. The highest BCUT2D eigenvalue weighted by Gasteiger charge is 2.49. The summed E-state index contributed by atoms with van der Waals surface area (Å²) in [6.07, 6.45) is 4.34. The Balaban J connectivity index is 1.87. The molecule has 2 aliphatic heterocycles. The number of hydrogen-bond acceptors (Lipinski definition) is 3. The topological polar surface area (TPSA) is 35.5 Å². The van der Waals surface area contributed by atoms with E-state index in [-0.39, 0.29) is 18.2 Å². The van der Waals surface area contributed by atoms with Gasteiger partial charge in [0.1, 0.15) is 0 Å². The normalized spacial score (nSPS) is 37.9. The first-order chi connectivity index (χ1) is 8.50. The molecule has 0 radical (unpaired) electrons. The fourth-order valence-electron chi connectivity index (χ4n) is 3.62. The number of ether oxygens (including phenoxy) is 2. The number of allylic oxidation sites excluding steroid dienone is 2. The average Bonchev–Trinajstić information content (AvgIpc) is 2.89. The molecule has 0 aromatic heterocycles. The van der Waals surface area contributed by atoms with E-state index in [4.69, 9.17) is 9.47 Å². The lowest BCUT2D eigenvalue weighted by atomic mass is 9.82. The van der Waals surface area contributed by atoms with Gasteiger partial charge in [-0.1, -0.05) is 32.1 Å². The minimum Gasteiger partial charge on any atom is -0.435 e. The Morgan fingerprint density at radius 3 is 2.89 bits per heavy atom. The molecule has 0 spiro atoms. The van der Waals surface area contributed by atoms with Crippen LogP contribution in [0.15, 0.2) is 23.8 Å². The van der Waals surface area contributed by atoms with Crippen molar-refractivity contribution in [2.24, 2.45) is 17.3 Å². The van der Waals surface area contributed by atoms with Crippen molar-refractivity contribution in [2.45, 2.75) is 39.4 Å². The first kappa shape index (κ1) is 12.0. The van der Waals surface area contributed by atoms with E-state index in [1.807, 2.05) is 6.08 Å². The molecule has 3 atom stereocenters. The number of esters is 1. The zero-order chi connectivity index (χ0) is 12.9. The molecule has 2 heterocycles. The summed E-state index contributed by atoms with van der Waals surface area (Å²) in [5, 5.41) is 0. The van der Waals surface area contributed by atoms with Crippen molar-refractivity contribution >= 4 is 5.97 Å². The standard InChI is InChI=1S/C15H20O3/c1-4-9-6-15(2,3)7-11(9)12-8-17-14-10(12)5-13(16)18-14/h4,10,12,14H,1,5-8H2,2-3H3/t10-,12?,14-/m1/s1. The lowest BCUT2D eigenvalue weighted by Gasteiger charge is -2.20. The van der Waals surface area contributed by atoms with Gasteiger partial charge < -0.3 is 9.47 Å². The van der Waals surface area contributed by atoms with Gasteiger partial charge in [-0.2, -0.15) is 0 Å². The largest absolute Gasteiger partial charge is 0.435 e. The van der Waals surface area contributed by atoms with Crippen LogP contribution in [0.1, 0.15) is 33.1 Å². The van der Waals surface area contributed by atoms with Crippen molar-refractivity contribution in [1.29, 1.82) is 0 Å². The van der Waals surface area contributed by atoms with E-state index < -0.39 is 0 Å². The monoisotopic (exact) mass is 248 g/mol. The highest BCUT2D eigenvalue weighted by Crippen LogP contribution is 2.50. The molecular formula is C15H20O3. The van der Waals surface area contributed by atoms with E-state index >= 15 is 0 Å². The van der Waals surface area contributed by atoms with Crippen molar-refractivity contribution in [2.75, 3.05) is 6.61 Å². The van der Waals surface area contributed by atoms with E-state index in [0.717, 1.165) is 12.8 Å².